The number of rotatable bonds is 4. The van der Waals surface area contributed by atoms with Gasteiger partial charge in [0.15, 0.2) is 0 Å². The third-order valence-electron chi connectivity index (χ3n) is 4.40. The Bertz CT molecular complexity index is 544. The first kappa shape index (κ1) is 15.5. The smallest absolute Gasteiger partial charge is 0.243 e. The third kappa shape index (κ3) is 3.05. The summed E-state index contributed by atoms with van der Waals surface area (Å²) in [5.74, 6) is 0. The van der Waals surface area contributed by atoms with E-state index >= 15 is 0 Å². The van der Waals surface area contributed by atoms with Gasteiger partial charge in [-0.05, 0) is 50.9 Å². The molecular formula is C15H24N2O2S. The van der Waals surface area contributed by atoms with Crippen molar-refractivity contribution in [3.8, 4) is 0 Å². The lowest BCUT2D eigenvalue weighted by atomic mass is 9.91. The molecule has 20 heavy (non-hydrogen) atoms. The molecule has 4 nitrogen and oxygen atoms in total. The Morgan fingerprint density at radius 3 is 2.20 bits per heavy atom. The summed E-state index contributed by atoms with van der Waals surface area (Å²) in [5.41, 5.74) is 1.21. The average molecular weight is 296 g/mol. The third-order valence-corrected chi connectivity index (χ3v) is 6.31. The summed E-state index contributed by atoms with van der Waals surface area (Å²) in [5, 5.41) is 3.29. The van der Waals surface area contributed by atoms with Crippen molar-refractivity contribution in [3.63, 3.8) is 0 Å². The van der Waals surface area contributed by atoms with Crippen molar-refractivity contribution in [2.75, 3.05) is 20.1 Å². The van der Waals surface area contributed by atoms with Crippen molar-refractivity contribution in [3.05, 3.63) is 29.8 Å². The van der Waals surface area contributed by atoms with Crippen LogP contribution in [0.4, 0.5) is 0 Å². The highest BCUT2D eigenvalue weighted by Crippen LogP contribution is 2.26. The van der Waals surface area contributed by atoms with E-state index in [-0.39, 0.29) is 5.54 Å². The van der Waals surface area contributed by atoms with Gasteiger partial charge in [-0.2, -0.15) is 4.31 Å². The van der Waals surface area contributed by atoms with E-state index in [1.54, 1.807) is 16.4 Å². The molecule has 2 rings (SSSR count). The number of aryl methyl sites for hydroxylation is 1. The van der Waals surface area contributed by atoms with Crippen LogP contribution in [0, 0.1) is 0 Å². The molecule has 1 saturated heterocycles. The number of hydrogen-bond donors (Lipinski definition) is 1. The molecular weight excluding hydrogens is 272 g/mol. The molecule has 0 amide bonds. The molecule has 0 saturated carbocycles. The largest absolute Gasteiger partial charge is 0.314 e. The SMILES string of the molecule is CCc1ccc(S(=O)(=O)N2CCC(C)(NC)CC2)cc1. The van der Waals surface area contributed by atoms with Crippen LogP contribution in [0.2, 0.25) is 0 Å². The molecule has 1 aromatic rings. The highest BCUT2D eigenvalue weighted by atomic mass is 32.2. The van der Waals surface area contributed by atoms with E-state index in [9.17, 15) is 8.42 Å². The maximum atomic E-state index is 12.6. The first-order chi connectivity index (χ1) is 9.41. The summed E-state index contributed by atoms with van der Waals surface area (Å²) >= 11 is 0. The molecule has 1 aliphatic rings. The van der Waals surface area contributed by atoms with Crippen LogP contribution in [-0.4, -0.2) is 38.4 Å². The summed E-state index contributed by atoms with van der Waals surface area (Å²) in [6.45, 7) is 5.37. The predicted molar refractivity (Wildman–Crippen MR) is 81.3 cm³/mol. The van der Waals surface area contributed by atoms with Crippen LogP contribution in [0.1, 0.15) is 32.3 Å². The normalized spacial score (nSPS) is 19.9. The lowest BCUT2D eigenvalue weighted by Gasteiger charge is -2.38. The van der Waals surface area contributed by atoms with Crippen molar-refractivity contribution in [2.45, 2.75) is 43.5 Å². The molecule has 0 aliphatic carbocycles. The summed E-state index contributed by atoms with van der Waals surface area (Å²) in [4.78, 5) is 0.405. The fourth-order valence-electron chi connectivity index (χ4n) is 2.52. The van der Waals surface area contributed by atoms with Gasteiger partial charge in [-0.25, -0.2) is 8.42 Å². The quantitative estimate of drug-likeness (QED) is 0.924. The molecule has 1 aromatic carbocycles. The Labute approximate surface area is 122 Å². The number of hydrogen-bond acceptors (Lipinski definition) is 3. The zero-order valence-corrected chi connectivity index (χ0v) is 13.3. The molecule has 1 aliphatic heterocycles. The van der Waals surface area contributed by atoms with Crippen LogP contribution < -0.4 is 5.32 Å². The molecule has 1 fully saturated rings. The lowest BCUT2D eigenvalue weighted by molar-refractivity contribution is 0.219. The molecule has 1 heterocycles. The van der Waals surface area contributed by atoms with Gasteiger partial charge in [0.2, 0.25) is 10.0 Å². The monoisotopic (exact) mass is 296 g/mol. The van der Waals surface area contributed by atoms with Crippen molar-refractivity contribution >= 4 is 10.0 Å². The zero-order chi connectivity index (χ0) is 14.8. The van der Waals surface area contributed by atoms with Gasteiger partial charge in [0.25, 0.3) is 0 Å². The van der Waals surface area contributed by atoms with Crippen molar-refractivity contribution < 1.29 is 8.42 Å². The number of piperidine rings is 1. The highest BCUT2D eigenvalue weighted by Gasteiger charge is 2.34. The minimum absolute atomic E-state index is 0.0537. The summed E-state index contributed by atoms with van der Waals surface area (Å²) in [6, 6.07) is 7.24. The predicted octanol–water partition coefficient (Wildman–Crippen LogP) is 2.01. The second kappa shape index (κ2) is 5.84. The fraction of sp³-hybridized carbons (Fsp3) is 0.600. The second-order valence-corrected chi connectivity index (χ2v) is 7.65. The first-order valence-corrected chi connectivity index (χ1v) is 8.63. The van der Waals surface area contributed by atoms with Gasteiger partial charge in [-0.3, -0.25) is 0 Å². The van der Waals surface area contributed by atoms with Crippen molar-refractivity contribution in [2.24, 2.45) is 0 Å². The summed E-state index contributed by atoms with van der Waals surface area (Å²) in [6.07, 6.45) is 2.61. The first-order valence-electron chi connectivity index (χ1n) is 7.19. The van der Waals surface area contributed by atoms with E-state index in [0.29, 0.717) is 18.0 Å². The van der Waals surface area contributed by atoms with E-state index in [2.05, 4.69) is 19.2 Å². The Kier molecular flexibility index (Phi) is 4.52. The van der Waals surface area contributed by atoms with Crippen LogP contribution in [0.25, 0.3) is 0 Å². The number of nitrogens with zero attached hydrogens (tertiary/aromatic N) is 1. The average Bonchev–Trinajstić information content (AvgIpc) is 2.48. The summed E-state index contributed by atoms with van der Waals surface area (Å²) in [7, 11) is -1.40. The molecule has 0 bridgehead atoms. The lowest BCUT2D eigenvalue weighted by Crippen LogP contribution is -2.51. The standard InChI is InChI=1S/C15H24N2O2S/c1-4-13-5-7-14(8-6-13)20(18,19)17-11-9-15(2,16-3)10-12-17/h5-8,16H,4,9-12H2,1-3H3. The maximum Gasteiger partial charge on any atom is 0.243 e. The van der Waals surface area contributed by atoms with Gasteiger partial charge in [-0.1, -0.05) is 19.1 Å². The minimum Gasteiger partial charge on any atom is -0.314 e. The highest BCUT2D eigenvalue weighted by molar-refractivity contribution is 7.89. The van der Waals surface area contributed by atoms with Crippen LogP contribution in [0.15, 0.2) is 29.2 Å². The second-order valence-electron chi connectivity index (χ2n) is 5.71. The van der Waals surface area contributed by atoms with Crippen LogP contribution >= 0.6 is 0 Å². The van der Waals surface area contributed by atoms with E-state index in [1.807, 2.05) is 19.2 Å². The number of sulfonamides is 1. The Morgan fingerprint density at radius 1 is 1.20 bits per heavy atom. The molecule has 112 valence electrons. The van der Waals surface area contributed by atoms with E-state index in [1.165, 1.54) is 0 Å². The Morgan fingerprint density at radius 2 is 1.75 bits per heavy atom. The summed E-state index contributed by atoms with van der Waals surface area (Å²) < 4.78 is 26.8. The van der Waals surface area contributed by atoms with Gasteiger partial charge in [0, 0.05) is 18.6 Å². The molecule has 0 spiro atoms. The van der Waals surface area contributed by atoms with Crippen LogP contribution in [-0.2, 0) is 16.4 Å². The van der Waals surface area contributed by atoms with Crippen molar-refractivity contribution in [1.82, 2.24) is 9.62 Å². The topological polar surface area (TPSA) is 49.4 Å². The number of benzene rings is 1. The van der Waals surface area contributed by atoms with Gasteiger partial charge in [0.05, 0.1) is 4.90 Å². The van der Waals surface area contributed by atoms with Gasteiger partial charge in [-0.15, -0.1) is 0 Å². The molecule has 0 unspecified atom stereocenters. The van der Waals surface area contributed by atoms with Gasteiger partial charge in [0.1, 0.15) is 0 Å². The van der Waals surface area contributed by atoms with E-state index in [0.717, 1.165) is 24.8 Å². The van der Waals surface area contributed by atoms with Crippen LogP contribution in [0.5, 0.6) is 0 Å². The fourth-order valence-corrected chi connectivity index (χ4v) is 3.96. The molecule has 0 radical (unpaired) electrons. The molecule has 0 atom stereocenters. The number of nitrogens with one attached hydrogen (secondary N) is 1. The van der Waals surface area contributed by atoms with Gasteiger partial charge >= 0.3 is 0 Å². The van der Waals surface area contributed by atoms with Crippen LogP contribution in [0.3, 0.4) is 0 Å². The maximum absolute atomic E-state index is 12.6. The molecule has 5 heteroatoms. The van der Waals surface area contributed by atoms with Gasteiger partial charge < -0.3 is 5.32 Å². The van der Waals surface area contributed by atoms with Crippen molar-refractivity contribution in [1.29, 1.82) is 0 Å². The molecule has 1 N–H and O–H groups in total. The van der Waals surface area contributed by atoms with E-state index in [4.69, 9.17) is 0 Å². The Hall–Kier alpha value is -0.910. The van der Waals surface area contributed by atoms with E-state index < -0.39 is 10.0 Å². The Balaban J connectivity index is 2.15. The minimum atomic E-state index is -3.34. The molecule has 0 aromatic heterocycles. The zero-order valence-electron chi connectivity index (χ0n) is 12.5.